The van der Waals surface area contributed by atoms with E-state index in [0.717, 1.165) is 54.3 Å². The van der Waals surface area contributed by atoms with Crippen molar-refractivity contribution in [2.45, 2.75) is 26.4 Å². The Morgan fingerprint density at radius 1 is 1.09 bits per heavy atom. The first-order valence-electron chi connectivity index (χ1n) is 11.4. The molecule has 34 heavy (non-hydrogen) atoms. The van der Waals surface area contributed by atoms with E-state index in [1.54, 1.807) is 12.1 Å². The molecule has 1 aliphatic rings. The van der Waals surface area contributed by atoms with Crippen LogP contribution < -0.4 is 10.2 Å². The summed E-state index contributed by atoms with van der Waals surface area (Å²) >= 11 is 0. The first-order chi connectivity index (χ1) is 16.2. The summed E-state index contributed by atoms with van der Waals surface area (Å²) in [6.07, 6.45) is 0.0902. The predicted molar refractivity (Wildman–Crippen MR) is 130 cm³/mol. The average molecular weight is 471 g/mol. The van der Waals surface area contributed by atoms with Crippen molar-refractivity contribution in [2.24, 2.45) is 0 Å². The van der Waals surface area contributed by atoms with Crippen LogP contribution in [0.25, 0.3) is 10.9 Å². The van der Waals surface area contributed by atoms with Crippen LogP contribution >= 0.6 is 0 Å². The monoisotopic (exact) mass is 470 g/mol. The molecule has 1 fully saturated rings. The zero-order chi connectivity index (χ0) is 24.3. The van der Waals surface area contributed by atoms with Crippen LogP contribution in [-0.2, 0) is 17.4 Å². The van der Waals surface area contributed by atoms with Crippen molar-refractivity contribution in [3.8, 4) is 0 Å². The summed E-state index contributed by atoms with van der Waals surface area (Å²) in [6.45, 7) is 7.59. The van der Waals surface area contributed by atoms with Crippen LogP contribution in [0.3, 0.4) is 0 Å². The van der Waals surface area contributed by atoms with Crippen molar-refractivity contribution in [1.29, 1.82) is 0 Å². The molecule has 8 heteroatoms. The molecule has 1 aromatic heterocycles. The van der Waals surface area contributed by atoms with Gasteiger partial charge in [-0.1, -0.05) is 11.6 Å². The van der Waals surface area contributed by atoms with Gasteiger partial charge in [0.05, 0.1) is 5.56 Å². The number of nitrogens with zero attached hydrogens (tertiary/aromatic N) is 2. The molecule has 0 radical (unpaired) electrons. The smallest absolute Gasteiger partial charge is 0.369 e. The van der Waals surface area contributed by atoms with E-state index < -0.39 is 11.7 Å². The zero-order valence-electron chi connectivity index (χ0n) is 19.4. The van der Waals surface area contributed by atoms with E-state index in [1.165, 1.54) is 17.7 Å². The van der Waals surface area contributed by atoms with Crippen LogP contribution in [0.5, 0.6) is 0 Å². The number of rotatable bonds is 6. The number of anilines is 2. The van der Waals surface area contributed by atoms with Crippen molar-refractivity contribution in [3.05, 3.63) is 71.4 Å². The van der Waals surface area contributed by atoms with Gasteiger partial charge in [-0.15, -0.1) is 0 Å². The van der Waals surface area contributed by atoms with Gasteiger partial charge in [-0.2, -0.15) is 13.2 Å². The molecular weight excluding hydrogens is 441 g/mol. The van der Waals surface area contributed by atoms with E-state index in [2.05, 4.69) is 15.2 Å². The number of piperazine rings is 1. The maximum Gasteiger partial charge on any atom is 0.416 e. The summed E-state index contributed by atoms with van der Waals surface area (Å²) in [6, 6.07) is 11.4. The Labute approximate surface area is 197 Å². The number of hydrogen-bond donors (Lipinski definition) is 2. The zero-order valence-corrected chi connectivity index (χ0v) is 19.4. The normalized spacial score (nSPS) is 14.9. The summed E-state index contributed by atoms with van der Waals surface area (Å²) in [4.78, 5) is 19.7. The number of carbonyl (C=O) groups is 1. The van der Waals surface area contributed by atoms with E-state index in [0.29, 0.717) is 18.8 Å². The van der Waals surface area contributed by atoms with Crippen molar-refractivity contribution < 1.29 is 18.0 Å². The fourth-order valence-corrected chi connectivity index (χ4v) is 4.29. The largest absolute Gasteiger partial charge is 0.416 e. The molecule has 2 N–H and O–H groups in total. The molecule has 2 heterocycles. The van der Waals surface area contributed by atoms with Gasteiger partial charge in [0.25, 0.3) is 0 Å². The molecule has 0 spiro atoms. The van der Waals surface area contributed by atoms with Crippen LogP contribution in [0, 0.1) is 0 Å². The summed E-state index contributed by atoms with van der Waals surface area (Å²) in [5.41, 5.74) is 3.90. The fourth-order valence-electron chi connectivity index (χ4n) is 4.29. The lowest BCUT2D eigenvalue weighted by atomic mass is 10.1. The number of halogens is 3. The second-order valence-corrected chi connectivity index (χ2v) is 8.91. The lowest BCUT2D eigenvalue weighted by Crippen LogP contribution is -2.47. The third kappa shape index (κ3) is 5.80. The highest BCUT2D eigenvalue weighted by Gasteiger charge is 2.31. The van der Waals surface area contributed by atoms with Gasteiger partial charge in [0.1, 0.15) is 0 Å². The number of aromatic amines is 1. The number of amides is 1. The third-order valence-electron chi connectivity index (χ3n) is 6.06. The van der Waals surface area contributed by atoms with Gasteiger partial charge in [-0.05, 0) is 62.2 Å². The Morgan fingerprint density at radius 2 is 1.85 bits per heavy atom. The minimum absolute atomic E-state index is 0.143. The van der Waals surface area contributed by atoms with Crippen molar-refractivity contribution >= 4 is 28.2 Å². The van der Waals surface area contributed by atoms with Gasteiger partial charge in [0.2, 0.25) is 5.91 Å². The summed E-state index contributed by atoms with van der Waals surface area (Å²) in [5.74, 6) is -0.143. The van der Waals surface area contributed by atoms with Gasteiger partial charge < -0.3 is 15.2 Å². The minimum atomic E-state index is -4.33. The molecule has 0 saturated carbocycles. The lowest BCUT2D eigenvalue weighted by molar-refractivity contribution is -0.137. The van der Waals surface area contributed by atoms with Gasteiger partial charge in [-0.3, -0.25) is 9.69 Å². The first-order valence-corrected chi connectivity index (χ1v) is 11.4. The second kappa shape index (κ2) is 9.93. The highest BCUT2D eigenvalue weighted by atomic mass is 19.4. The summed E-state index contributed by atoms with van der Waals surface area (Å²) in [5, 5.41) is 3.99. The molecule has 0 aliphatic carbocycles. The molecule has 1 amide bonds. The van der Waals surface area contributed by atoms with Gasteiger partial charge in [0, 0.05) is 67.3 Å². The number of nitrogens with one attached hydrogen (secondary N) is 2. The maximum absolute atomic E-state index is 13.0. The molecule has 180 valence electrons. The van der Waals surface area contributed by atoms with Crippen molar-refractivity contribution in [2.75, 3.05) is 42.9 Å². The van der Waals surface area contributed by atoms with Crippen molar-refractivity contribution in [3.63, 3.8) is 0 Å². The maximum atomic E-state index is 13.0. The van der Waals surface area contributed by atoms with E-state index in [9.17, 15) is 18.0 Å². The number of carbonyl (C=O) groups excluding carboxylic acids is 1. The third-order valence-corrected chi connectivity index (χ3v) is 6.06. The molecule has 1 aliphatic heterocycles. The highest BCUT2D eigenvalue weighted by Crippen LogP contribution is 2.32. The van der Waals surface area contributed by atoms with Crippen LogP contribution in [0.4, 0.5) is 24.5 Å². The standard InChI is InChI=1S/C26H29F3N4O/c1-18(2)14-25(34)31-21-6-7-24-23(16-21)19(17-30-24)8-9-32-10-12-33(13-11-32)22-5-3-4-20(15-22)26(27,28)29/h3-7,14-17,30H,8-13H2,1-2H3,(H,31,34). The summed E-state index contributed by atoms with van der Waals surface area (Å²) < 4.78 is 39.1. The van der Waals surface area contributed by atoms with Crippen LogP contribution in [0.1, 0.15) is 25.0 Å². The quantitative estimate of drug-likeness (QED) is 0.471. The Bertz CT molecular complexity index is 1190. The van der Waals surface area contributed by atoms with Gasteiger partial charge >= 0.3 is 6.18 Å². The Hall–Kier alpha value is -3.26. The SMILES string of the molecule is CC(C)=CC(=O)Nc1ccc2[nH]cc(CCN3CCN(c4cccc(C(F)(F)F)c4)CC3)c2c1. The first kappa shape index (κ1) is 23.9. The van der Waals surface area contributed by atoms with E-state index in [-0.39, 0.29) is 5.91 Å². The lowest BCUT2D eigenvalue weighted by Gasteiger charge is -2.36. The Morgan fingerprint density at radius 3 is 2.56 bits per heavy atom. The molecule has 1 saturated heterocycles. The highest BCUT2D eigenvalue weighted by molar-refractivity contribution is 6.01. The van der Waals surface area contributed by atoms with E-state index in [1.807, 2.05) is 43.1 Å². The van der Waals surface area contributed by atoms with Crippen LogP contribution in [0.2, 0.25) is 0 Å². The Balaban J connectivity index is 1.35. The number of aromatic nitrogens is 1. The molecule has 0 atom stereocenters. The van der Waals surface area contributed by atoms with Gasteiger partial charge in [-0.25, -0.2) is 0 Å². The molecule has 4 rings (SSSR count). The Kier molecular flexibility index (Phi) is 6.97. The topological polar surface area (TPSA) is 51.4 Å². The van der Waals surface area contributed by atoms with Gasteiger partial charge in [0.15, 0.2) is 0 Å². The molecule has 3 aromatic rings. The van der Waals surface area contributed by atoms with E-state index in [4.69, 9.17) is 0 Å². The molecule has 0 bridgehead atoms. The molecule has 0 unspecified atom stereocenters. The fraction of sp³-hybridized carbons (Fsp3) is 0.346. The molecule has 2 aromatic carbocycles. The molecular formula is C26H29F3N4O. The second-order valence-electron chi connectivity index (χ2n) is 8.91. The van der Waals surface area contributed by atoms with Crippen LogP contribution in [-0.4, -0.2) is 48.5 Å². The number of H-pyrrole nitrogens is 1. The number of fused-ring (bicyclic) bond motifs is 1. The summed E-state index contributed by atoms with van der Waals surface area (Å²) in [7, 11) is 0. The minimum Gasteiger partial charge on any atom is -0.369 e. The average Bonchev–Trinajstić information content (AvgIpc) is 3.19. The van der Waals surface area contributed by atoms with E-state index >= 15 is 0 Å². The number of alkyl halides is 3. The number of benzene rings is 2. The predicted octanol–water partition coefficient (Wildman–Crippen LogP) is 5.46. The number of hydrogen-bond acceptors (Lipinski definition) is 3. The number of allylic oxidation sites excluding steroid dienone is 1. The van der Waals surface area contributed by atoms with Crippen LogP contribution in [0.15, 0.2) is 60.3 Å². The van der Waals surface area contributed by atoms with Crippen molar-refractivity contribution in [1.82, 2.24) is 9.88 Å². The molecule has 5 nitrogen and oxygen atoms in total.